The third-order valence-electron chi connectivity index (χ3n) is 2.20. The molecule has 5 nitrogen and oxygen atoms in total. The van der Waals surface area contributed by atoms with Gasteiger partial charge in [-0.2, -0.15) is 9.97 Å². The van der Waals surface area contributed by atoms with Gasteiger partial charge in [0.2, 0.25) is 11.8 Å². The van der Waals surface area contributed by atoms with Crippen LogP contribution in [0.2, 0.25) is 5.02 Å². The zero-order valence-electron chi connectivity index (χ0n) is 10.1. The quantitative estimate of drug-likeness (QED) is 0.934. The molecule has 2 aromatic rings. The lowest BCUT2D eigenvalue weighted by Crippen LogP contribution is -2.03. The van der Waals surface area contributed by atoms with Crippen molar-refractivity contribution in [3.63, 3.8) is 0 Å². The fourth-order valence-electron chi connectivity index (χ4n) is 1.35. The number of anilines is 1. The molecule has 0 radical (unpaired) electrons. The summed E-state index contributed by atoms with van der Waals surface area (Å²) in [6, 6.07) is 4.03. The summed E-state index contributed by atoms with van der Waals surface area (Å²) in [6.07, 6.45) is 1.25. The normalized spacial score (nSPS) is 10.3. The van der Waals surface area contributed by atoms with Gasteiger partial charge in [-0.05, 0) is 19.1 Å². The van der Waals surface area contributed by atoms with Crippen LogP contribution >= 0.6 is 11.6 Å². The summed E-state index contributed by atoms with van der Waals surface area (Å²) < 4.78 is 23.9. The Morgan fingerprint density at radius 3 is 2.74 bits per heavy atom. The lowest BCUT2D eigenvalue weighted by Gasteiger charge is -2.10. The van der Waals surface area contributed by atoms with Gasteiger partial charge in [0.15, 0.2) is 5.69 Å². The van der Waals surface area contributed by atoms with Crippen molar-refractivity contribution in [2.45, 2.75) is 6.92 Å². The molecular formula is C12H11ClFN3O2. The van der Waals surface area contributed by atoms with E-state index in [0.29, 0.717) is 6.61 Å². The predicted molar refractivity (Wildman–Crippen MR) is 69.1 cm³/mol. The molecule has 0 aliphatic heterocycles. The summed E-state index contributed by atoms with van der Waals surface area (Å²) >= 11 is 5.58. The highest BCUT2D eigenvalue weighted by Gasteiger charge is 2.12. The Morgan fingerprint density at radius 2 is 2.05 bits per heavy atom. The number of aromatic nitrogens is 2. The minimum absolute atomic E-state index is 0.0121. The molecule has 0 saturated heterocycles. The van der Waals surface area contributed by atoms with Gasteiger partial charge in [-0.1, -0.05) is 11.6 Å². The Morgan fingerprint density at radius 1 is 1.32 bits per heavy atom. The summed E-state index contributed by atoms with van der Waals surface area (Å²) in [5.41, 5.74) is 5.94. The Kier molecular flexibility index (Phi) is 4.01. The third kappa shape index (κ3) is 3.03. The standard InChI is InChI=1S/C12H11ClFN3O2/c1-2-18-11-10(15)12(17-6-16-11)19-7-3-4-8(13)9(14)5-7/h3-6H,2,15H2,1H3. The van der Waals surface area contributed by atoms with Crippen LogP contribution in [0.1, 0.15) is 6.92 Å². The maximum Gasteiger partial charge on any atom is 0.249 e. The topological polar surface area (TPSA) is 70.3 Å². The highest BCUT2D eigenvalue weighted by molar-refractivity contribution is 6.30. The molecule has 7 heteroatoms. The SMILES string of the molecule is CCOc1ncnc(Oc2ccc(Cl)c(F)c2)c1N. The van der Waals surface area contributed by atoms with Crippen LogP contribution in [0, 0.1) is 5.82 Å². The average molecular weight is 284 g/mol. The van der Waals surface area contributed by atoms with Crippen LogP contribution in [-0.4, -0.2) is 16.6 Å². The lowest BCUT2D eigenvalue weighted by atomic mass is 10.3. The molecule has 100 valence electrons. The van der Waals surface area contributed by atoms with Crippen molar-refractivity contribution in [2.75, 3.05) is 12.3 Å². The molecule has 0 amide bonds. The van der Waals surface area contributed by atoms with Gasteiger partial charge in [-0.15, -0.1) is 0 Å². The second-order valence-electron chi connectivity index (χ2n) is 3.51. The molecule has 0 saturated carbocycles. The van der Waals surface area contributed by atoms with Gasteiger partial charge in [0.05, 0.1) is 11.6 Å². The number of hydrogen-bond acceptors (Lipinski definition) is 5. The molecule has 0 bridgehead atoms. The maximum atomic E-state index is 13.3. The van der Waals surface area contributed by atoms with Crippen molar-refractivity contribution in [1.82, 2.24) is 9.97 Å². The second-order valence-corrected chi connectivity index (χ2v) is 3.92. The van der Waals surface area contributed by atoms with Gasteiger partial charge < -0.3 is 15.2 Å². The first-order chi connectivity index (χ1) is 9.11. The largest absolute Gasteiger partial charge is 0.476 e. The van der Waals surface area contributed by atoms with Crippen LogP contribution in [0.25, 0.3) is 0 Å². The first-order valence-electron chi connectivity index (χ1n) is 5.48. The minimum atomic E-state index is -0.586. The van der Waals surface area contributed by atoms with E-state index in [2.05, 4.69) is 9.97 Å². The smallest absolute Gasteiger partial charge is 0.249 e. The Labute approximate surface area is 114 Å². The molecule has 0 aliphatic carbocycles. The molecule has 1 heterocycles. The number of hydrogen-bond donors (Lipinski definition) is 1. The number of benzene rings is 1. The number of nitrogens with two attached hydrogens (primary N) is 1. The van der Waals surface area contributed by atoms with Crippen LogP contribution in [0.5, 0.6) is 17.5 Å². The Balaban J connectivity index is 2.27. The van der Waals surface area contributed by atoms with Gasteiger partial charge in [0, 0.05) is 6.07 Å². The maximum absolute atomic E-state index is 13.3. The highest BCUT2D eigenvalue weighted by atomic mass is 35.5. The van der Waals surface area contributed by atoms with Crippen LogP contribution in [0.15, 0.2) is 24.5 Å². The first kappa shape index (κ1) is 13.4. The molecule has 2 N–H and O–H groups in total. The Hall–Kier alpha value is -2.08. The zero-order chi connectivity index (χ0) is 13.8. The van der Waals surface area contributed by atoms with Crippen LogP contribution in [0.3, 0.4) is 0 Å². The van der Waals surface area contributed by atoms with E-state index in [1.807, 2.05) is 0 Å². The highest BCUT2D eigenvalue weighted by Crippen LogP contribution is 2.31. The summed E-state index contributed by atoms with van der Waals surface area (Å²) in [6.45, 7) is 2.22. The molecule has 1 aromatic carbocycles. The number of halogens is 2. The summed E-state index contributed by atoms with van der Waals surface area (Å²) in [4.78, 5) is 7.74. The summed E-state index contributed by atoms with van der Waals surface area (Å²) in [5.74, 6) is -0.0336. The molecule has 0 spiro atoms. The number of nitrogen functional groups attached to an aromatic ring is 1. The van der Waals surface area contributed by atoms with E-state index in [1.54, 1.807) is 6.92 Å². The molecule has 1 aromatic heterocycles. The summed E-state index contributed by atoms with van der Waals surface area (Å²) in [7, 11) is 0. The van der Waals surface area contributed by atoms with Crippen molar-refractivity contribution in [3.05, 3.63) is 35.4 Å². The molecular weight excluding hydrogens is 273 g/mol. The average Bonchev–Trinajstić information content (AvgIpc) is 2.39. The van der Waals surface area contributed by atoms with Gasteiger partial charge in [-0.25, -0.2) is 4.39 Å². The second kappa shape index (κ2) is 5.71. The van der Waals surface area contributed by atoms with E-state index in [0.717, 1.165) is 6.07 Å². The third-order valence-corrected chi connectivity index (χ3v) is 2.50. The fourth-order valence-corrected chi connectivity index (χ4v) is 1.47. The zero-order valence-corrected chi connectivity index (χ0v) is 10.8. The van der Waals surface area contributed by atoms with E-state index in [1.165, 1.54) is 18.5 Å². The molecule has 19 heavy (non-hydrogen) atoms. The van der Waals surface area contributed by atoms with Crippen molar-refractivity contribution < 1.29 is 13.9 Å². The van der Waals surface area contributed by atoms with E-state index >= 15 is 0 Å². The van der Waals surface area contributed by atoms with Gasteiger partial charge in [0.1, 0.15) is 17.9 Å². The molecule has 0 atom stereocenters. The van der Waals surface area contributed by atoms with E-state index < -0.39 is 5.82 Å². The van der Waals surface area contributed by atoms with E-state index in [4.69, 9.17) is 26.8 Å². The number of nitrogens with zero attached hydrogens (tertiary/aromatic N) is 2. The molecule has 0 unspecified atom stereocenters. The van der Waals surface area contributed by atoms with Crippen molar-refractivity contribution in [2.24, 2.45) is 0 Å². The summed E-state index contributed by atoms with van der Waals surface area (Å²) in [5, 5.41) is 0.0121. The van der Waals surface area contributed by atoms with Crippen LogP contribution < -0.4 is 15.2 Å². The monoisotopic (exact) mass is 283 g/mol. The van der Waals surface area contributed by atoms with E-state index in [-0.39, 0.29) is 28.2 Å². The van der Waals surface area contributed by atoms with Crippen molar-refractivity contribution >= 4 is 17.3 Å². The lowest BCUT2D eigenvalue weighted by molar-refractivity contribution is 0.325. The van der Waals surface area contributed by atoms with Gasteiger partial charge >= 0.3 is 0 Å². The Bertz CT molecular complexity index is 595. The number of rotatable bonds is 4. The van der Waals surface area contributed by atoms with Gasteiger partial charge in [-0.3, -0.25) is 0 Å². The predicted octanol–water partition coefficient (Wildman–Crippen LogP) is 3.04. The van der Waals surface area contributed by atoms with E-state index in [9.17, 15) is 4.39 Å². The van der Waals surface area contributed by atoms with Crippen molar-refractivity contribution in [1.29, 1.82) is 0 Å². The van der Waals surface area contributed by atoms with Crippen LogP contribution in [0.4, 0.5) is 10.1 Å². The minimum Gasteiger partial charge on any atom is -0.476 e. The fraction of sp³-hybridized carbons (Fsp3) is 0.167. The number of ether oxygens (including phenoxy) is 2. The first-order valence-corrected chi connectivity index (χ1v) is 5.85. The molecule has 2 rings (SSSR count). The molecule has 0 aliphatic rings. The van der Waals surface area contributed by atoms with Crippen LogP contribution in [-0.2, 0) is 0 Å². The van der Waals surface area contributed by atoms with Gasteiger partial charge in [0.25, 0.3) is 0 Å². The van der Waals surface area contributed by atoms with Crippen molar-refractivity contribution in [3.8, 4) is 17.5 Å². The molecule has 0 fully saturated rings.